The van der Waals surface area contributed by atoms with Gasteiger partial charge in [-0.25, -0.2) is 4.79 Å². The Kier molecular flexibility index (Phi) is 18.2. The lowest BCUT2D eigenvalue weighted by atomic mass is 9.93. The van der Waals surface area contributed by atoms with E-state index in [0.29, 0.717) is 23.3 Å². The van der Waals surface area contributed by atoms with Crippen LogP contribution in [0.3, 0.4) is 0 Å². The molecule has 1 aromatic carbocycles. The van der Waals surface area contributed by atoms with Crippen molar-refractivity contribution in [3.8, 4) is 5.75 Å². The summed E-state index contributed by atoms with van der Waals surface area (Å²) >= 11 is 0. The fourth-order valence-corrected chi connectivity index (χ4v) is 5.89. The Balaban J connectivity index is 1.67. The van der Waals surface area contributed by atoms with E-state index in [1.165, 1.54) is 20.0 Å². The molecule has 1 saturated heterocycles. The van der Waals surface area contributed by atoms with Crippen LogP contribution in [0.25, 0.3) is 0 Å². The van der Waals surface area contributed by atoms with Gasteiger partial charge in [0.15, 0.2) is 6.10 Å². The van der Waals surface area contributed by atoms with E-state index in [0.717, 1.165) is 12.2 Å². The predicted molar refractivity (Wildman–Crippen MR) is 216 cm³/mol. The van der Waals surface area contributed by atoms with Crippen molar-refractivity contribution in [1.29, 1.82) is 0 Å². The largest absolute Gasteiger partial charge is 0.479 e. The van der Waals surface area contributed by atoms with Crippen molar-refractivity contribution in [3.05, 3.63) is 35.9 Å². The minimum absolute atomic E-state index is 0.0520. The molecule has 5 atom stereocenters. The van der Waals surface area contributed by atoms with Crippen LogP contribution in [0.15, 0.2) is 30.4 Å². The average Bonchev–Trinajstić information content (AvgIpc) is 3.49. The van der Waals surface area contributed by atoms with Gasteiger partial charge in [0, 0.05) is 51.0 Å². The Hall–Kier alpha value is -5.38. The number of nitrogens with two attached hydrogens (primary N) is 1. The van der Waals surface area contributed by atoms with Crippen LogP contribution < -0.4 is 31.7 Å². The van der Waals surface area contributed by atoms with Gasteiger partial charge in [0.05, 0.1) is 29.4 Å². The summed E-state index contributed by atoms with van der Waals surface area (Å²) in [4.78, 5) is 101. The van der Waals surface area contributed by atoms with E-state index < -0.39 is 89.5 Å². The third kappa shape index (κ3) is 15.7. The van der Waals surface area contributed by atoms with Gasteiger partial charge in [-0.05, 0) is 71.6 Å². The van der Waals surface area contributed by atoms with Crippen molar-refractivity contribution in [2.45, 2.75) is 116 Å². The van der Waals surface area contributed by atoms with Crippen LogP contribution in [0.1, 0.15) is 78.7 Å². The maximum absolute atomic E-state index is 13.5. The molecule has 1 aromatic rings. The van der Waals surface area contributed by atoms with Crippen LogP contribution in [-0.2, 0) is 54.4 Å². The van der Waals surface area contributed by atoms with Gasteiger partial charge in [-0.15, -0.1) is 0 Å². The summed E-state index contributed by atoms with van der Waals surface area (Å²) in [6.07, 6.45) is -1.15. The van der Waals surface area contributed by atoms with Gasteiger partial charge in [-0.3, -0.25) is 38.5 Å². The zero-order valence-corrected chi connectivity index (χ0v) is 34.9. The summed E-state index contributed by atoms with van der Waals surface area (Å²) in [5.41, 5.74) is 5.10. The van der Waals surface area contributed by atoms with Gasteiger partial charge in [0.2, 0.25) is 43.6 Å². The second-order valence-electron chi connectivity index (χ2n) is 16.1. The summed E-state index contributed by atoms with van der Waals surface area (Å²) < 4.78 is 22.2. The Morgan fingerprint density at radius 2 is 1.67 bits per heavy atom. The molecule has 2 heterocycles. The highest BCUT2D eigenvalue weighted by atomic mass is 16.7. The van der Waals surface area contributed by atoms with Gasteiger partial charge in [-0.1, -0.05) is 6.07 Å². The number of aliphatic carboxylic acids is 1. The number of carboxylic acid groups (broad SMARTS) is 1. The monoisotopic (exact) mass is 844 g/mol. The van der Waals surface area contributed by atoms with Gasteiger partial charge in [0.1, 0.15) is 24.4 Å². The Morgan fingerprint density at radius 3 is 2.28 bits per heavy atom. The average molecular weight is 845 g/mol. The number of imide groups is 1. The van der Waals surface area contributed by atoms with E-state index in [4.69, 9.17) is 24.7 Å². The molecule has 2 aliphatic heterocycles. The summed E-state index contributed by atoms with van der Waals surface area (Å²) in [6.45, 7) is 8.87. The van der Waals surface area contributed by atoms with Crippen molar-refractivity contribution in [2.75, 3.05) is 31.6 Å². The van der Waals surface area contributed by atoms with Gasteiger partial charge < -0.3 is 56.2 Å². The first-order valence-electron chi connectivity index (χ1n) is 19.6. The number of hydrogen-bond donors (Lipinski definition) is 7. The minimum atomic E-state index is -1.40. The molecule has 5 unspecified atom stereocenters. The number of anilines is 1. The van der Waals surface area contributed by atoms with Crippen molar-refractivity contribution >= 4 is 60.8 Å². The normalized spacial score (nSPS) is 18.9. The molecule has 20 nitrogen and oxygen atoms in total. The van der Waals surface area contributed by atoms with Crippen LogP contribution >= 0.6 is 0 Å². The molecule has 0 aromatic heterocycles. The number of aliphatic hydroxyl groups is 1. The molecular formula is C39H57BN6O14. The molecule has 0 aliphatic carbocycles. The maximum atomic E-state index is 13.5. The maximum Gasteiger partial charge on any atom is 0.333 e. The number of carbonyl (C=O) groups excluding carboxylic acids is 7. The molecule has 3 rings (SSSR count). The fourth-order valence-electron chi connectivity index (χ4n) is 5.89. The van der Waals surface area contributed by atoms with Crippen molar-refractivity contribution in [3.63, 3.8) is 0 Å². The smallest absolute Gasteiger partial charge is 0.333 e. The Labute approximate surface area is 349 Å². The third-order valence-corrected chi connectivity index (χ3v) is 9.21. The van der Waals surface area contributed by atoms with E-state index in [9.17, 15) is 48.6 Å². The molecule has 0 saturated carbocycles. The Morgan fingerprint density at radius 1 is 0.983 bits per heavy atom. The first-order chi connectivity index (χ1) is 28.1. The number of nitrogens with zero attached hydrogens (tertiary/aromatic N) is 1. The zero-order chi connectivity index (χ0) is 44.8. The second-order valence-corrected chi connectivity index (χ2v) is 16.1. The lowest BCUT2D eigenvalue weighted by Crippen LogP contribution is -2.57. The summed E-state index contributed by atoms with van der Waals surface area (Å²) in [6, 6.07) is 1.88. The quantitative estimate of drug-likeness (QED) is 0.0444. The second kappa shape index (κ2) is 22.3. The van der Waals surface area contributed by atoms with Crippen LogP contribution in [0.4, 0.5) is 10.5 Å². The Bertz CT molecular complexity index is 1760. The summed E-state index contributed by atoms with van der Waals surface area (Å²) in [5.74, 6) is -5.59. The zero-order valence-electron chi connectivity index (χ0n) is 34.9. The molecule has 0 bridgehead atoms. The number of ether oxygens (including phenoxy) is 4. The van der Waals surface area contributed by atoms with Crippen LogP contribution in [-0.4, -0.2) is 133 Å². The molecule has 1 fully saturated rings. The highest BCUT2D eigenvalue weighted by Crippen LogP contribution is 2.31. The number of hydrogen-bond acceptors (Lipinski definition) is 14. The number of benzene rings is 1. The number of carbonyl (C=O) groups is 8. The van der Waals surface area contributed by atoms with Crippen LogP contribution in [0, 0.1) is 5.41 Å². The van der Waals surface area contributed by atoms with Gasteiger partial charge in [-0.2, -0.15) is 0 Å². The van der Waals surface area contributed by atoms with Crippen LogP contribution in [0.5, 0.6) is 5.75 Å². The highest BCUT2D eigenvalue weighted by molar-refractivity contribution is 6.55. The standard InChI is InChI=1S/C39H57BN6O14/c1-38(2,3)58-21-39(4,5)36(55)43-14-7-6-8-24(45-34(52)26(19-41)46-30(49)11-12-31(46)50)33(51)42-15-13-29(48)44-25-16-22(20-57-37(40)56)9-10-27(25)59-32-18-23(47)17-28(60-32)35(53)54/h9-12,16,23-24,26,28,32,47H,6-8,13-15,17-21,40-41H2,1-5H3,(H,42,51)(H,43,55)(H,44,48)(H,45,52)(H,53,54). The van der Waals surface area contributed by atoms with Crippen molar-refractivity contribution in [2.24, 2.45) is 11.1 Å². The third-order valence-electron chi connectivity index (χ3n) is 9.21. The fraction of sp³-hybridized carbons (Fsp3) is 0.590. The van der Waals surface area contributed by atoms with E-state index in [-0.39, 0.29) is 69.3 Å². The van der Waals surface area contributed by atoms with E-state index in [1.54, 1.807) is 19.9 Å². The molecule has 60 heavy (non-hydrogen) atoms. The molecule has 2 aliphatic rings. The SMILES string of the molecule is BC(=O)OCc1ccc(OC2CC(O)CC(C(=O)O)O2)c(NC(=O)CCNC(=O)C(CCCCNC(=O)C(C)(C)COC(C)(C)C)NC(=O)C(CN)N2C(=O)C=CC2=O)c1. The number of nitrogens with one attached hydrogen (secondary N) is 4. The number of amides is 6. The number of aliphatic hydroxyl groups excluding tert-OH is 1. The minimum Gasteiger partial charge on any atom is -0.479 e. The molecular weight excluding hydrogens is 787 g/mol. The number of rotatable bonds is 22. The lowest BCUT2D eigenvalue weighted by molar-refractivity contribution is -0.195. The molecule has 8 N–H and O–H groups in total. The van der Waals surface area contributed by atoms with Gasteiger partial charge >= 0.3 is 5.97 Å². The first-order valence-corrected chi connectivity index (χ1v) is 19.6. The van der Waals surface area contributed by atoms with Crippen molar-refractivity contribution in [1.82, 2.24) is 20.9 Å². The molecule has 0 radical (unpaired) electrons. The molecule has 21 heteroatoms. The topological polar surface area (TPSA) is 291 Å². The molecule has 330 valence electrons. The first kappa shape index (κ1) is 49.0. The van der Waals surface area contributed by atoms with Crippen molar-refractivity contribution < 1.29 is 67.5 Å². The highest BCUT2D eigenvalue weighted by Gasteiger charge is 2.37. The van der Waals surface area contributed by atoms with E-state index in [1.807, 2.05) is 20.8 Å². The van der Waals surface area contributed by atoms with E-state index >= 15 is 0 Å². The molecule has 6 amide bonds. The number of unbranched alkanes of at least 4 members (excludes halogenated alkanes) is 1. The van der Waals surface area contributed by atoms with Crippen LogP contribution in [0.2, 0.25) is 0 Å². The van der Waals surface area contributed by atoms with Gasteiger partial charge in [0.25, 0.3) is 11.8 Å². The number of carboxylic acids is 1. The summed E-state index contributed by atoms with van der Waals surface area (Å²) in [5, 5.41) is 30.3. The predicted octanol–water partition coefficient (Wildman–Crippen LogP) is -0.405. The lowest BCUT2D eigenvalue weighted by Gasteiger charge is -2.31. The molecule has 0 spiro atoms. The van der Waals surface area contributed by atoms with E-state index in [2.05, 4.69) is 21.3 Å². The summed E-state index contributed by atoms with van der Waals surface area (Å²) in [7, 11) is 1.23.